The second-order valence-electron chi connectivity index (χ2n) is 5.64. The van der Waals surface area contributed by atoms with Crippen LogP contribution in [0.2, 0.25) is 0 Å². The van der Waals surface area contributed by atoms with Crippen molar-refractivity contribution in [3.63, 3.8) is 0 Å². The van der Waals surface area contributed by atoms with E-state index >= 15 is 0 Å². The Kier molecular flexibility index (Phi) is 5.96. The van der Waals surface area contributed by atoms with Crippen molar-refractivity contribution >= 4 is 22.4 Å². The summed E-state index contributed by atoms with van der Waals surface area (Å²) in [5, 5.41) is 3.28. The van der Waals surface area contributed by atoms with Crippen LogP contribution in [0.4, 0.5) is 8.78 Å². The van der Waals surface area contributed by atoms with Gasteiger partial charge in [0.2, 0.25) is 10.0 Å². The summed E-state index contributed by atoms with van der Waals surface area (Å²) in [6, 6.07) is 3.52. The summed E-state index contributed by atoms with van der Waals surface area (Å²) in [5.74, 6) is -2.08. The first kappa shape index (κ1) is 18.5. The van der Waals surface area contributed by atoms with Gasteiger partial charge in [-0.05, 0) is 25.1 Å². The van der Waals surface area contributed by atoms with Crippen LogP contribution >= 0.6 is 12.4 Å². The number of piperazine rings is 1. The zero-order valence-electron chi connectivity index (χ0n) is 12.5. The highest BCUT2D eigenvalue weighted by Crippen LogP contribution is 2.24. The molecular formula is C14H20ClF2N3O2S. The van der Waals surface area contributed by atoms with Crippen LogP contribution in [0.15, 0.2) is 23.1 Å². The summed E-state index contributed by atoms with van der Waals surface area (Å²) < 4.78 is 53.6. The number of hydrogen-bond acceptors (Lipinski definition) is 4. The van der Waals surface area contributed by atoms with E-state index in [-0.39, 0.29) is 25.5 Å². The fourth-order valence-electron chi connectivity index (χ4n) is 3.12. The predicted molar refractivity (Wildman–Crippen MR) is 85.2 cm³/mol. The van der Waals surface area contributed by atoms with Crippen molar-refractivity contribution in [3.8, 4) is 0 Å². The van der Waals surface area contributed by atoms with Gasteiger partial charge in [0.1, 0.15) is 11.6 Å². The Bertz CT molecular complexity index is 625. The third-order valence-corrected chi connectivity index (χ3v) is 6.29. The Labute approximate surface area is 141 Å². The molecule has 2 aliphatic heterocycles. The molecule has 0 saturated carbocycles. The van der Waals surface area contributed by atoms with Crippen molar-refractivity contribution in [1.82, 2.24) is 14.5 Å². The lowest BCUT2D eigenvalue weighted by Gasteiger charge is -2.37. The molecule has 23 heavy (non-hydrogen) atoms. The summed E-state index contributed by atoms with van der Waals surface area (Å²) in [4.78, 5) is 1.40. The van der Waals surface area contributed by atoms with Gasteiger partial charge in [0, 0.05) is 38.8 Å². The average Bonchev–Trinajstić information content (AvgIpc) is 3.01. The van der Waals surface area contributed by atoms with E-state index in [0.29, 0.717) is 19.1 Å². The molecule has 1 N–H and O–H groups in total. The van der Waals surface area contributed by atoms with Gasteiger partial charge in [-0.15, -0.1) is 12.4 Å². The number of rotatable bonds is 3. The van der Waals surface area contributed by atoms with Crippen molar-refractivity contribution in [2.75, 3.05) is 39.3 Å². The van der Waals surface area contributed by atoms with Crippen molar-refractivity contribution in [1.29, 1.82) is 0 Å². The maximum atomic E-state index is 13.8. The Hall–Kier alpha value is -0.800. The molecule has 2 aliphatic rings. The predicted octanol–water partition coefficient (Wildman–Crippen LogP) is 1.05. The summed E-state index contributed by atoms with van der Waals surface area (Å²) in [6.07, 6.45) is 1.05. The van der Waals surface area contributed by atoms with E-state index in [0.717, 1.165) is 37.7 Å². The molecule has 9 heteroatoms. The van der Waals surface area contributed by atoms with Crippen LogP contribution in [0, 0.1) is 11.6 Å². The van der Waals surface area contributed by atoms with Gasteiger partial charge in [-0.2, -0.15) is 4.31 Å². The highest BCUT2D eigenvalue weighted by atomic mass is 35.5. The highest BCUT2D eigenvalue weighted by molar-refractivity contribution is 7.89. The van der Waals surface area contributed by atoms with E-state index in [2.05, 4.69) is 10.2 Å². The monoisotopic (exact) mass is 367 g/mol. The first-order chi connectivity index (χ1) is 10.5. The molecule has 1 unspecified atom stereocenters. The molecule has 0 radical (unpaired) electrons. The van der Waals surface area contributed by atoms with Crippen molar-refractivity contribution in [3.05, 3.63) is 29.8 Å². The second-order valence-corrected chi connectivity index (χ2v) is 7.51. The molecule has 2 saturated heterocycles. The standard InChI is InChI=1S/C14H19F2N3O2S.ClH/c15-12-2-1-3-13(16)14(12)22(20,21)19-8-6-18(7-9-19)11-4-5-17-10-11;/h1-3,11,17H,4-10H2;1H. The molecule has 0 spiro atoms. The lowest BCUT2D eigenvalue weighted by atomic mass is 10.2. The molecule has 2 heterocycles. The molecule has 1 atom stereocenters. The molecule has 0 aromatic heterocycles. The first-order valence-electron chi connectivity index (χ1n) is 7.39. The quantitative estimate of drug-likeness (QED) is 0.868. The number of halogens is 3. The maximum absolute atomic E-state index is 13.8. The van der Waals surface area contributed by atoms with Crippen LogP contribution in [0.25, 0.3) is 0 Å². The minimum absolute atomic E-state index is 0. The number of hydrogen-bond donors (Lipinski definition) is 1. The lowest BCUT2D eigenvalue weighted by Crippen LogP contribution is -2.52. The van der Waals surface area contributed by atoms with Gasteiger partial charge >= 0.3 is 0 Å². The Morgan fingerprint density at radius 3 is 2.22 bits per heavy atom. The molecule has 0 amide bonds. The van der Waals surface area contributed by atoms with E-state index in [9.17, 15) is 17.2 Å². The minimum Gasteiger partial charge on any atom is -0.315 e. The summed E-state index contributed by atoms with van der Waals surface area (Å²) in [6.45, 7) is 3.57. The third-order valence-electron chi connectivity index (χ3n) is 4.34. The molecule has 5 nitrogen and oxygen atoms in total. The molecule has 0 aliphatic carbocycles. The van der Waals surface area contributed by atoms with Gasteiger partial charge in [-0.1, -0.05) is 6.07 Å². The molecule has 130 valence electrons. The van der Waals surface area contributed by atoms with E-state index < -0.39 is 26.6 Å². The van der Waals surface area contributed by atoms with E-state index in [1.165, 1.54) is 4.31 Å². The lowest BCUT2D eigenvalue weighted by molar-refractivity contribution is 0.145. The van der Waals surface area contributed by atoms with Gasteiger partial charge < -0.3 is 5.32 Å². The van der Waals surface area contributed by atoms with Crippen molar-refractivity contribution < 1.29 is 17.2 Å². The van der Waals surface area contributed by atoms with Gasteiger partial charge in [-0.3, -0.25) is 4.90 Å². The van der Waals surface area contributed by atoms with Crippen LogP contribution in [0.3, 0.4) is 0 Å². The highest BCUT2D eigenvalue weighted by Gasteiger charge is 2.34. The van der Waals surface area contributed by atoms with Crippen molar-refractivity contribution in [2.45, 2.75) is 17.4 Å². The minimum atomic E-state index is -4.13. The molecule has 0 bridgehead atoms. The summed E-state index contributed by atoms with van der Waals surface area (Å²) in [5.41, 5.74) is 0. The summed E-state index contributed by atoms with van der Waals surface area (Å²) in [7, 11) is -4.13. The smallest absolute Gasteiger partial charge is 0.249 e. The Morgan fingerprint density at radius 2 is 1.70 bits per heavy atom. The van der Waals surface area contributed by atoms with Crippen LogP contribution < -0.4 is 5.32 Å². The summed E-state index contributed by atoms with van der Waals surface area (Å²) >= 11 is 0. The number of nitrogens with one attached hydrogen (secondary N) is 1. The SMILES string of the molecule is Cl.O=S(=O)(c1c(F)cccc1F)N1CCN(C2CCNC2)CC1. The number of sulfonamides is 1. The van der Waals surface area contributed by atoms with Gasteiger partial charge in [0.15, 0.2) is 4.90 Å². The van der Waals surface area contributed by atoms with Crippen LogP contribution in [0.5, 0.6) is 0 Å². The fraction of sp³-hybridized carbons (Fsp3) is 0.571. The fourth-order valence-corrected chi connectivity index (χ4v) is 4.65. The van der Waals surface area contributed by atoms with E-state index in [1.54, 1.807) is 0 Å². The second kappa shape index (κ2) is 7.40. The number of benzene rings is 1. The normalized spacial score (nSPS) is 23.7. The van der Waals surface area contributed by atoms with Gasteiger partial charge in [-0.25, -0.2) is 17.2 Å². The van der Waals surface area contributed by atoms with E-state index in [1.807, 2.05) is 0 Å². The third kappa shape index (κ3) is 3.66. The average molecular weight is 368 g/mol. The molecule has 1 aromatic carbocycles. The van der Waals surface area contributed by atoms with Gasteiger partial charge in [0.25, 0.3) is 0 Å². The van der Waals surface area contributed by atoms with Crippen LogP contribution in [-0.4, -0.2) is 62.9 Å². The Morgan fingerprint density at radius 1 is 1.09 bits per heavy atom. The van der Waals surface area contributed by atoms with E-state index in [4.69, 9.17) is 0 Å². The first-order valence-corrected chi connectivity index (χ1v) is 8.83. The maximum Gasteiger partial charge on any atom is 0.249 e. The van der Waals surface area contributed by atoms with Crippen molar-refractivity contribution in [2.24, 2.45) is 0 Å². The van der Waals surface area contributed by atoms with Crippen LogP contribution in [0.1, 0.15) is 6.42 Å². The molecule has 2 fully saturated rings. The molecular weight excluding hydrogens is 348 g/mol. The number of nitrogens with zero attached hydrogens (tertiary/aromatic N) is 2. The molecule has 1 aromatic rings. The zero-order chi connectivity index (χ0) is 15.7. The topological polar surface area (TPSA) is 52.7 Å². The zero-order valence-corrected chi connectivity index (χ0v) is 14.2. The van der Waals surface area contributed by atoms with Gasteiger partial charge in [0.05, 0.1) is 0 Å². The van der Waals surface area contributed by atoms with Crippen LogP contribution in [-0.2, 0) is 10.0 Å². The largest absolute Gasteiger partial charge is 0.315 e. The Balaban J connectivity index is 0.00000192. The molecule has 3 rings (SSSR count).